The van der Waals surface area contributed by atoms with E-state index in [1.807, 2.05) is 30.3 Å². The van der Waals surface area contributed by atoms with Gasteiger partial charge in [-0.05, 0) is 18.1 Å². The van der Waals surface area contributed by atoms with Crippen LogP contribution < -0.4 is 10.9 Å². The number of rotatable bonds is 10. The zero-order chi connectivity index (χ0) is 17.9. The topological polar surface area (TPSA) is 82.5 Å². The van der Waals surface area contributed by atoms with E-state index >= 15 is 0 Å². The van der Waals surface area contributed by atoms with Crippen molar-refractivity contribution in [3.8, 4) is 0 Å². The van der Waals surface area contributed by atoms with E-state index in [9.17, 15) is 9.59 Å². The number of benzene rings is 1. The summed E-state index contributed by atoms with van der Waals surface area (Å²) in [6.07, 6.45) is 0.694. The van der Waals surface area contributed by atoms with E-state index in [0.29, 0.717) is 39.3 Å². The van der Waals surface area contributed by atoms with Crippen LogP contribution in [0.1, 0.15) is 22.5 Å². The van der Waals surface area contributed by atoms with Gasteiger partial charge in [0, 0.05) is 26.3 Å². The molecule has 7 heteroatoms. The second-order valence-electron chi connectivity index (χ2n) is 5.41. The number of amides is 1. The van der Waals surface area contributed by atoms with Crippen molar-refractivity contribution < 1.29 is 14.3 Å². The maximum absolute atomic E-state index is 12.1. The molecule has 0 saturated heterocycles. The number of methoxy groups -OCH3 is 1. The van der Waals surface area contributed by atoms with E-state index < -0.39 is 0 Å². The van der Waals surface area contributed by atoms with Gasteiger partial charge in [0.15, 0.2) is 0 Å². The average Bonchev–Trinajstić information content (AvgIpc) is 2.63. The molecule has 0 saturated carbocycles. The van der Waals surface area contributed by atoms with Crippen molar-refractivity contribution in [2.75, 3.05) is 33.5 Å². The molecule has 0 spiro atoms. The Bertz CT molecular complexity index is 716. The number of carbonyl (C=O) groups is 1. The van der Waals surface area contributed by atoms with Crippen molar-refractivity contribution in [2.24, 2.45) is 0 Å². The molecule has 2 rings (SSSR count). The molecular formula is C18H23N3O4. The van der Waals surface area contributed by atoms with Crippen LogP contribution in [0.3, 0.4) is 0 Å². The highest BCUT2D eigenvalue weighted by Gasteiger charge is 2.09. The third-order valence-electron chi connectivity index (χ3n) is 3.46. The predicted octanol–water partition coefficient (Wildman–Crippen LogP) is 1.07. The van der Waals surface area contributed by atoms with Gasteiger partial charge in [0.1, 0.15) is 5.69 Å². The van der Waals surface area contributed by atoms with Crippen LogP contribution in [0.25, 0.3) is 0 Å². The Balaban J connectivity index is 1.86. The zero-order valence-corrected chi connectivity index (χ0v) is 14.3. The third kappa shape index (κ3) is 6.48. The first kappa shape index (κ1) is 18.8. The summed E-state index contributed by atoms with van der Waals surface area (Å²) in [4.78, 5) is 24.1. The van der Waals surface area contributed by atoms with Crippen LogP contribution in [0, 0.1) is 0 Å². The summed E-state index contributed by atoms with van der Waals surface area (Å²) in [7, 11) is 1.62. The quantitative estimate of drug-likeness (QED) is 0.652. The summed E-state index contributed by atoms with van der Waals surface area (Å²) in [6, 6.07) is 12.3. The third-order valence-corrected chi connectivity index (χ3v) is 3.46. The van der Waals surface area contributed by atoms with E-state index in [0.717, 1.165) is 5.56 Å². The van der Waals surface area contributed by atoms with Crippen LogP contribution in [0.2, 0.25) is 0 Å². The van der Waals surface area contributed by atoms with E-state index in [-0.39, 0.29) is 17.2 Å². The smallest absolute Gasteiger partial charge is 0.271 e. The van der Waals surface area contributed by atoms with Gasteiger partial charge in [0.25, 0.3) is 11.5 Å². The maximum atomic E-state index is 12.1. The van der Waals surface area contributed by atoms with Crippen molar-refractivity contribution in [1.29, 1.82) is 0 Å². The molecule has 0 aliphatic heterocycles. The fourth-order valence-electron chi connectivity index (χ4n) is 2.15. The normalized spacial score (nSPS) is 10.6. The summed E-state index contributed by atoms with van der Waals surface area (Å²) in [5.41, 5.74) is 0.922. The molecule has 2 aromatic rings. The Morgan fingerprint density at radius 2 is 1.92 bits per heavy atom. The molecule has 0 aliphatic carbocycles. The second kappa shape index (κ2) is 10.4. The molecule has 0 radical (unpaired) electrons. The van der Waals surface area contributed by atoms with Crippen molar-refractivity contribution in [2.45, 2.75) is 13.0 Å². The van der Waals surface area contributed by atoms with Gasteiger partial charge >= 0.3 is 0 Å². The van der Waals surface area contributed by atoms with Crippen LogP contribution >= 0.6 is 0 Å². The lowest BCUT2D eigenvalue weighted by molar-refractivity contribution is 0.0688. The monoisotopic (exact) mass is 345 g/mol. The molecule has 25 heavy (non-hydrogen) atoms. The van der Waals surface area contributed by atoms with Crippen LogP contribution in [0.15, 0.2) is 47.3 Å². The second-order valence-corrected chi connectivity index (χ2v) is 5.41. The van der Waals surface area contributed by atoms with Gasteiger partial charge in [-0.2, -0.15) is 5.10 Å². The number of aromatic nitrogens is 2. The SMILES string of the molecule is COCCOCCCNC(=O)c1ccc(=O)n(Cc2ccccc2)n1. The minimum atomic E-state index is -0.307. The molecule has 0 bridgehead atoms. The summed E-state index contributed by atoms with van der Waals surface area (Å²) in [5.74, 6) is -0.307. The Labute approximate surface area is 146 Å². The van der Waals surface area contributed by atoms with Gasteiger partial charge in [0.2, 0.25) is 0 Å². The minimum absolute atomic E-state index is 0.218. The number of nitrogens with one attached hydrogen (secondary N) is 1. The minimum Gasteiger partial charge on any atom is -0.382 e. The van der Waals surface area contributed by atoms with E-state index in [1.165, 1.54) is 16.8 Å². The van der Waals surface area contributed by atoms with Crippen LogP contribution in [0.5, 0.6) is 0 Å². The van der Waals surface area contributed by atoms with Crippen molar-refractivity contribution in [3.63, 3.8) is 0 Å². The van der Waals surface area contributed by atoms with Gasteiger partial charge < -0.3 is 14.8 Å². The van der Waals surface area contributed by atoms with Crippen molar-refractivity contribution in [1.82, 2.24) is 15.1 Å². The summed E-state index contributed by atoms with van der Waals surface area (Å²) < 4.78 is 11.5. The highest BCUT2D eigenvalue weighted by Crippen LogP contribution is 2.00. The molecule has 1 aromatic carbocycles. The molecule has 7 nitrogen and oxygen atoms in total. The number of hydrogen-bond acceptors (Lipinski definition) is 5. The Hall–Kier alpha value is -2.51. The summed E-state index contributed by atoms with van der Waals surface area (Å²) in [6.45, 7) is 2.44. The van der Waals surface area contributed by atoms with Crippen LogP contribution in [0.4, 0.5) is 0 Å². The molecular weight excluding hydrogens is 322 g/mol. The van der Waals surface area contributed by atoms with Gasteiger partial charge in [0.05, 0.1) is 19.8 Å². The molecule has 0 atom stereocenters. The fourth-order valence-corrected chi connectivity index (χ4v) is 2.15. The number of carbonyl (C=O) groups excluding carboxylic acids is 1. The van der Waals surface area contributed by atoms with Gasteiger partial charge in [-0.25, -0.2) is 4.68 Å². The number of hydrogen-bond donors (Lipinski definition) is 1. The first-order valence-corrected chi connectivity index (χ1v) is 8.17. The van der Waals surface area contributed by atoms with E-state index in [4.69, 9.17) is 9.47 Å². The molecule has 1 heterocycles. The van der Waals surface area contributed by atoms with Crippen LogP contribution in [-0.2, 0) is 16.0 Å². The van der Waals surface area contributed by atoms with Gasteiger partial charge in [-0.1, -0.05) is 30.3 Å². The molecule has 0 unspecified atom stereocenters. The van der Waals surface area contributed by atoms with Crippen molar-refractivity contribution >= 4 is 5.91 Å². The van der Waals surface area contributed by atoms with E-state index in [2.05, 4.69) is 10.4 Å². The van der Waals surface area contributed by atoms with Gasteiger partial charge in [-0.3, -0.25) is 9.59 Å². The first-order valence-electron chi connectivity index (χ1n) is 8.17. The lowest BCUT2D eigenvalue weighted by Gasteiger charge is -2.08. The molecule has 1 amide bonds. The average molecular weight is 345 g/mol. The molecule has 134 valence electrons. The molecule has 0 fully saturated rings. The summed E-state index contributed by atoms with van der Waals surface area (Å²) in [5, 5.41) is 6.92. The molecule has 1 N–H and O–H groups in total. The van der Waals surface area contributed by atoms with Crippen molar-refractivity contribution in [3.05, 3.63) is 64.1 Å². The lowest BCUT2D eigenvalue weighted by Crippen LogP contribution is -2.30. The Morgan fingerprint density at radius 1 is 1.12 bits per heavy atom. The highest BCUT2D eigenvalue weighted by molar-refractivity contribution is 5.91. The zero-order valence-electron chi connectivity index (χ0n) is 14.3. The highest BCUT2D eigenvalue weighted by atomic mass is 16.5. The maximum Gasteiger partial charge on any atom is 0.271 e. The standard InChI is InChI=1S/C18H23N3O4/c1-24-12-13-25-11-5-10-19-18(23)16-8-9-17(22)21(20-16)14-15-6-3-2-4-7-15/h2-4,6-9H,5,10-14H2,1H3,(H,19,23). The number of ether oxygens (including phenoxy) is 2. The molecule has 1 aromatic heterocycles. The van der Waals surface area contributed by atoms with Gasteiger partial charge in [-0.15, -0.1) is 0 Å². The predicted molar refractivity (Wildman–Crippen MR) is 93.7 cm³/mol. The Kier molecular flexibility index (Phi) is 7.81. The fraction of sp³-hybridized carbons (Fsp3) is 0.389. The summed E-state index contributed by atoms with van der Waals surface area (Å²) >= 11 is 0. The lowest BCUT2D eigenvalue weighted by atomic mass is 10.2. The van der Waals surface area contributed by atoms with E-state index in [1.54, 1.807) is 7.11 Å². The Morgan fingerprint density at radius 3 is 2.68 bits per heavy atom. The largest absolute Gasteiger partial charge is 0.382 e. The van der Waals surface area contributed by atoms with Crippen LogP contribution in [-0.4, -0.2) is 49.2 Å². The molecule has 0 aliphatic rings. The number of nitrogens with zero attached hydrogens (tertiary/aromatic N) is 2. The first-order chi connectivity index (χ1) is 12.2.